The molecule has 0 aliphatic carbocycles. The molecule has 0 heterocycles. The fourth-order valence-corrected chi connectivity index (χ4v) is 16.2. The Morgan fingerprint density at radius 3 is 0.583 bits per heavy atom. The second-order valence-corrected chi connectivity index (χ2v) is 22.5. The van der Waals surface area contributed by atoms with E-state index >= 15 is 0 Å². The predicted octanol–water partition coefficient (Wildman–Crippen LogP) is 11.5. The van der Waals surface area contributed by atoms with Gasteiger partial charge >= 0.3 is 48.4 Å². The van der Waals surface area contributed by atoms with Crippen molar-refractivity contribution in [2.45, 2.75) is 44.0 Å². The van der Waals surface area contributed by atoms with Crippen LogP contribution < -0.4 is 44.2 Å². The van der Waals surface area contributed by atoms with E-state index in [1.807, 2.05) is 0 Å². The molecule has 24 heteroatoms. The summed E-state index contributed by atoms with van der Waals surface area (Å²) in [5.74, 6) is 0. The van der Waals surface area contributed by atoms with Crippen molar-refractivity contribution < 1.29 is 116 Å². The molecule has 6 aromatic carbocycles. The zero-order chi connectivity index (χ0) is 52.3. The molecule has 72 heavy (non-hydrogen) atoms. The van der Waals surface area contributed by atoms with Crippen LogP contribution in [-0.2, 0) is 61.2 Å². The summed E-state index contributed by atoms with van der Waals surface area (Å²) in [6.07, 6.45) is -31.6. The quantitative estimate of drug-likeness (QED) is 0.0383. The SMILES string of the molecule is CC(CP(c1cccc(C(F)(F)F)c1)c1cccc(C(F)(F)F)c1)(CP(c1cccc(C(F)(F)F)c1)c1cccc(C(F)(F)F)c1)CP(c1cccc(C(F)(F)F)c1)c1cccc(C(F)(F)F)c1.[C-]#[O+].[Cl-].[Rh]. The Morgan fingerprint density at radius 2 is 0.458 bits per heavy atom. The summed E-state index contributed by atoms with van der Waals surface area (Å²) < 4.78 is 265. The van der Waals surface area contributed by atoms with Gasteiger partial charge in [0.2, 0.25) is 0 Å². The standard InChI is InChI=1S/C47H33F18P3.CO.ClH.Rh/c1-41(26-66(35-14-2-8-29(20-35)42(48,49)50)36-15-3-9-30(21-36)43(51,52)53,27-67(37-16-4-10-31(22-37)44(54,55)56)38-17-5-11-32(23-38)45(57,58)59)28-68(39-18-6-12-33(24-39)46(60,61)62)40-19-7-13-34(25-40)47(63,64)65;1-2;;/h2-25H,26-28H2,1H3;;1H;/p-1. The average Bonchev–Trinajstić information content (AvgIpc) is 3.28. The normalized spacial score (nSPS) is 12.8. The summed E-state index contributed by atoms with van der Waals surface area (Å²) in [6, 6.07) is 21.2. The van der Waals surface area contributed by atoms with Crippen LogP contribution in [0.1, 0.15) is 40.3 Å². The van der Waals surface area contributed by atoms with Crippen LogP contribution in [0.25, 0.3) is 0 Å². The summed E-state index contributed by atoms with van der Waals surface area (Å²) in [4.78, 5) is 0. The molecule has 0 N–H and O–H groups in total. The maximum absolute atomic E-state index is 14.3. The molecule has 0 fully saturated rings. The summed E-state index contributed by atoms with van der Waals surface area (Å²) in [5.41, 5.74) is -9.18. The number of benzene rings is 6. The van der Waals surface area contributed by atoms with Crippen molar-refractivity contribution in [1.82, 2.24) is 0 Å². The van der Waals surface area contributed by atoms with E-state index in [9.17, 15) is 79.0 Å². The van der Waals surface area contributed by atoms with Crippen molar-refractivity contribution in [2.24, 2.45) is 5.41 Å². The molecule has 389 valence electrons. The molecular weight excluding hydrogens is 1170 g/mol. The smallest absolute Gasteiger partial charge is 0 e. The molecule has 6 rings (SSSR count). The van der Waals surface area contributed by atoms with E-state index in [0.29, 0.717) is 72.8 Å². The molecule has 0 aliphatic rings. The van der Waals surface area contributed by atoms with Gasteiger partial charge in [-0.2, -0.15) is 79.0 Å². The first kappa shape index (κ1) is 62.3. The maximum Gasteiger partial charge on any atom is 0 e. The van der Waals surface area contributed by atoms with Gasteiger partial charge in [0.25, 0.3) is 0 Å². The molecule has 0 unspecified atom stereocenters. The third kappa shape index (κ3) is 16.3. The first-order chi connectivity index (χ1) is 32.3. The van der Waals surface area contributed by atoms with Crippen molar-refractivity contribution in [1.29, 1.82) is 0 Å². The van der Waals surface area contributed by atoms with Gasteiger partial charge in [0.05, 0.1) is 33.4 Å². The third-order valence-corrected chi connectivity index (χ3v) is 19.2. The Bertz CT molecular complexity index is 2300. The molecule has 0 bridgehead atoms. The van der Waals surface area contributed by atoms with Crippen LogP contribution in [0.15, 0.2) is 146 Å². The molecule has 0 aliphatic heterocycles. The molecule has 0 amide bonds. The Balaban J connectivity index is 0.00000338. The summed E-state index contributed by atoms with van der Waals surface area (Å²) in [5, 5.41) is -1.14. The molecule has 0 aromatic heterocycles. The second-order valence-electron chi connectivity index (χ2n) is 15.9. The number of hydrogen-bond donors (Lipinski definition) is 0. The molecule has 6 aromatic rings. The number of hydrogen-bond acceptors (Lipinski definition) is 0. The zero-order valence-corrected chi connectivity index (χ0v) is 41.3. The zero-order valence-electron chi connectivity index (χ0n) is 36.2. The largest absolute Gasteiger partial charge is 1.00 e. The van der Waals surface area contributed by atoms with Gasteiger partial charge in [0.15, 0.2) is 0 Å². The van der Waals surface area contributed by atoms with Crippen molar-refractivity contribution in [3.05, 3.63) is 186 Å². The monoisotopic (exact) mass is 1200 g/mol. The Hall–Kier alpha value is -4.00. The molecule has 0 saturated carbocycles. The number of rotatable bonds is 12. The summed E-state index contributed by atoms with van der Waals surface area (Å²) in [6.45, 7) is 5.89. The van der Waals surface area contributed by atoms with E-state index in [-0.39, 0.29) is 63.7 Å². The van der Waals surface area contributed by atoms with Gasteiger partial charge in [-0.05, 0) is 152 Å². The van der Waals surface area contributed by atoms with Crippen LogP contribution in [0.2, 0.25) is 0 Å². The average molecular weight is 1200 g/mol. The van der Waals surface area contributed by atoms with Crippen molar-refractivity contribution in [3.63, 3.8) is 0 Å². The van der Waals surface area contributed by atoms with Crippen LogP contribution >= 0.6 is 23.8 Å². The van der Waals surface area contributed by atoms with Crippen molar-refractivity contribution in [3.8, 4) is 0 Å². The Labute approximate surface area is 422 Å². The van der Waals surface area contributed by atoms with Crippen LogP contribution in [0.3, 0.4) is 0 Å². The number of alkyl halides is 18. The summed E-state index contributed by atoms with van der Waals surface area (Å²) in [7, 11) is -7.50. The van der Waals surface area contributed by atoms with Crippen molar-refractivity contribution >= 4 is 55.6 Å². The number of halogens is 19. The molecule has 0 spiro atoms. The predicted molar refractivity (Wildman–Crippen MR) is 234 cm³/mol. The van der Waals surface area contributed by atoms with Gasteiger partial charge in [-0.3, -0.25) is 0 Å². The van der Waals surface area contributed by atoms with Gasteiger partial charge < -0.3 is 12.4 Å². The molecular formula is C48H33ClF18OP3Rh-. The first-order valence-corrected chi connectivity index (χ1v) is 24.5. The van der Waals surface area contributed by atoms with Gasteiger partial charge in [-0.1, -0.05) is 79.7 Å². The minimum atomic E-state index is -5.00. The van der Waals surface area contributed by atoms with Crippen LogP contribution in [0.5, 0.6) is 0 Å². The van der Waals surface area contributed by atoms with E-state index in [2.05, 4.69) is 6.65 Å². The van der Waals surface area contributed by atoms with Crippen LogP contribution in [0, 0.1) is 12.1 Å². The fraction of sp³-hybridized carbons (Fsp3) is 0.229. The topological polar surface area (TPSA) is 19.9 Å². The fourth-order valence-electron chi connectivity index (χ4n) is 7.39. The molecule has 0 atom stereocenters. The van der Waals surface area contributed by atoms with E-state index in [1.165, 1.54) is 43.3 Å². The van der Waals surface area contributed by atoms with Gasteiger partial charge in [0, 0.05) is 19.5 Å². The molecule has 0 saturated heterocycles. The van der Waals surface area contributed by atoms with Crippen molar-refractivity contribution in [2.75, 3.05) is 18.5 Å². The first-order valence-electron chi connectivity index (χ1n) is 19.9. The van der Waals surface area contributed by atoms with Gasteiger partial charge in [-0.25, -0.2) is 0 Å². The Morgan fingerprint density at radius 1 is 0.319 bits per heavy atom. The van der Waals surface area contributed by atoms with Crippen LogP contribution in [-0.4, -0.2) is 18.5 Å². The van der Waals surface area contributed by atoms with E-state index in [4.69, 9.17) is 4.65 Å². The van der Waals surface area contributed by atoms with E-state index < -0.39 is 118 Å². The summed E-state index contributed by atoms with van der Waals surface area (Å²) >= 11 is 0. The molecule has 1 radical (unpaired) electrons. The minimum absolute atomic E-state index is 0. The van der Waals surface area contributed by atoms with Crippen LogP contribution in [0.4, 0.5) is 79.0 Å². The molecule has 1 nitrogen and oxygen atoms in total. The minimum Gasteiger partial charge on any atom is -1.00 e. The van der Waals surface area contributed by atoms with E-state index in [0.717, 1.165) is 36.4 Å². The van der Waals surface area contributed by atoms with E-state index in [1.54, 1.807) is 0 Å². The van der Waals surface area contributed by atoms with Gasteiger partial charge in [0.1, 0.15) is 0 Å². The Kier molecular flexibility index (Phi) is 20.9. The van der Waals surface area contributed by atoms with Gasteiger partial charge in [-0.15, -0.1) is 0 Å². The maximum atomic E-state index is 14.3. The second kappa shape index (κ2) is 24.1. The third-order valence-electron chi connectivity index (χ3n) is 10.5.